The van der Waals surface area contributed by atoms with Crippen molar-refractivity contribution in [2.24, 2.45) is 0 Å². The SMILES string of the molecule is Nc1ncnc2c1ncn2[C@@H]1O[C@H](COP(=O)(O)O)[C@@H](O)[C@H]1O.O=C(O)CCCC[C@@H]1SC[C@@H]2NC(=O)N[C@@H]21. The molecule has 0 unspecified atom stereocenters. The molecule has 9 N–H and O–H groups in total. The molecule has 3 aliphatic rings. The number of unbranched alkanes of at least 4 members (excludes halogenated alkanes) is 1. The van der Waals surface area contributed by atoms with E-state index in [9.17, 15) is 24.4 Å². The zero-order chi connectivity index (χ0) is 28.3. The van der Waals surface area contributed by atoms with Crippen LogP contribution >= 0.6 is 19.6 Å². The first kappa shape index (κ1) is 29.4. The number of phosphoric acid groups is 1. The van der Waals surface area contributed by atoms with Gasteiger partial charge in [-0.05, 0) is 12.8 Å². The summed E-state index contributed by atoms with van der Waals surface area (Å²) in [5, 5.41) is 34.8. The highest BCUT2D eigenvalue weighted by Gasteiger charge is 2.45. The number of aliphatic hydroxyl groups is 2. The Balaban J connectivity index is 0.000000193. The number of thioether (sulfide) groups is 1. The number of imidazole rings is 1. The summed E-state index contributed by atoms with van der Waals surface area (Å²) in [4.78, 5) is 50.6. The van der Waals surface area contributed by atoms with Gasteiger partial charge in [0.25, 0.3) is 0 Å². The number of aromatic nitrogens is 4. The van der Waals surface area contributed by atoms with Gasteiger partial charge in [0.15, 0.2) is 17.7 Å². The summed E-state index contributed by atoms with van der Waals surface area (Å²) in [6, 6.07) is 0.440. The third-order valence-corrected chi connectivity index (χ3v) is 8.47. The predicted molar refractivity (Wildman–Crippen MR) is 135 cm³/mol. The van der Waals surface area contributed by atoms with Crippen LogP contribution in [0.4, 0.5) is 10.6 Å². The van der Waals surface area contributed by atoms with Crippen LogP contribution in [0.15, 0.2) is 12.7 Å². The van der Waals surface area contributed by atoms with E-state index in [1.807, 2.05) is 11.8 Å². The quantitative estimate of drug-likeness (QED) is 0.0980. The minimum Gasteiger partial charge on any atom is -0.481 e. The van der Waals surface area contributed by atoms with Gasteiger partial charge in [-0.25, -0.2) is 24.3 Å². The van der Waals surface area contributed by atoms with Gasteiger partial charge in [-0.3, -0.25) is 13.9 Å². The molecule has 3 fully saturated rings. The average Bonchev–Trinajstić information content (AvgIpc) is 3.61. The molecule has 3 saturated heterocycles. The van der Waals surface area contributed by atoms with E-state index >= 15 is 0 Å². The monoisotopic (exact) mass is 591 g/mol. The van der Waals surface area contributed by atoms with Gasteiger partial charge in [-0.1, -0.05) is 6.42 Å². The van der Waals surface area contributed by atoms with Gasteiger partial charge in [0.1, 0.15) is 30.2 Å². The average molecular weight is 592 g/mol. The van der Waals surface area contributed by atoms with Crippen LogP contribution in [0.1, 0.15) is 31.9 Å². The van der Waals surface area contributed by atoms with Gasteiger partial charge in [-0.15, -0.1) is 0 Å². The van der Waals surface area contributed by atoms with Crippen molar-refractivity contribution in [1.29, 1.82) is 0 Å². The van der Waals surface area contributed by atoms with E-state index in [1.54, 1.807) is 0 Å². The number of nitrogens with zero attached hydrogens (tertiary/aromatic N) is 4. The summed E-state index contributed by atoms with van der Waals surface area (Å²) in [6.45, 7) is -0.594. The fraction of sp³-hybridized carbons (Fsp3) is 0.650. The van der Waals surface area contributed by atoms with Crippen molar-refractivity contribution in [1.82, 2.24) is 30.2 Å². The number of carbonyl (C=O) groups is 2. The van der Waals surface area contributed by atoms with E-state index in [1.165, 1.54) is 17.2 Å². The van der Waals surface area contributed by atoms with Crippen LogP contribution in [-0.4, -0.2) is 105 Å². The Morgan fingerprint density at radius 2 is 2.00 bits per heavy atom. The summed E-state index contributed by atoms with van der Waals surface area (Å²) in [7, 11) is -4.72. The number of anilines is 1. The molecule has 3 aliphatic heterocycles. The highest BCUT2D eigenvalue weighted by Crippen LogP contribution is 2.39. The molecule has 216 valence electrons. The number of carbonyl (C=O) groups excluding carboxylic acids is 1. The van der Waals surface area contributed by atoms with Gasteiger partial charge in [0.2, 0.25) is 0 Å². The maximum atomic E-state index is 11.1. The molecule has 0 aliphatic carbocycles. The van der Waals surface area contributed by atoms with E-state index in [-0.39, 0.29) is 36.0 Å². The lowest BCUT2D eigenvalue weighted by molar-refractivity contribution is -0.137. The first-order valence-corrected chi connectivity index (χ1v) is 14.6. The standard InChI is InChI=1S/C10H14N5O7P.C10H16N2O3S/c11-8-5-9(13-2-12-8)15(3-14-5)10-7(17)6(16)4(22-10)1-21-23(18,19)20;13-8(14)4-2-1-3-7-9-6(5-16-7)11-10(15)12-9/h2-4,6-7,10,16-17H,1H2,(H2,11,12,13)(H2,18,19,20);6-7,9H,1-5H2,(H,13,14)(H2,11,12,15)/t4-,6-,7-,10-;6-,7-,9-/m10/s1. The Morgan fingerprint density at radius 1 is 1.23 bits per heavy atom. The second-order valence-corrected chi connectivity index (χ2v) is 11.7. The minimum atomic E-state index is -4.72. The molecule has 5 rings (SSSR count). The van der Waals surface area contributed by atoms with Gasteiger partial charge < -0.3 is 46.2 Å². The highest BCUT2D eigenvalue weighted by molar-refractivity contribution is 8.00. The van der Waals surface area contributed by atoms with Crippen LogP contribution in [0.5, 0.6) is 0 Å². The zero-order valence-corrected chi connectivity index (χ0v) is 22.1. The Morgan fingerprint density at radius 3 is 2.72 bits per heavy atom. The fourth-order valence-corrected chi connectivity index (χ4v) is 6.47. The number of aliphatic hydroxyl groups excluding tert-OH is 2. The highest BCUT2D eigenvalue weighted by atomic mass is 32.2. The number of carboxylic acids is 1. The maximum absolute atomic E-state index is 11.1. The summed E-state index contributed by atoms with van der Waals surface area (Å²) < 4.78 is 21.8. The second kappa shape index (κ2) is 12.3. The largest absolute Gasteiger partial charge is 0.481 e. The summed E-state index contributed by atoms with van der Waals surface area (Å²) in [5.74, 6) is 0.378. The molecule has 0 bridgehead atoms. The van der Waals surface area contributed by atoms with Crippen LogP contribution in [0.2, 0.25) is 0 Å². The van der Waals surface area contributed by atoms with Crippen LogP contribution in [0, 0.1) is 0 Å². The topological polar surface area (TPSA) is 264 Å². The van der Waals surface area contributed by atoms with E-state index in [4.69, 9.17) is 25.4 Å². The Hall–Kier alpha value is -2.57. The number of hydrogen-bond donors (Lipinski definition) is 8. The molecular formula is C20H30N7O10PS. The van der Waals surface area contributed by atoms with Gasteiger partial charge in [-0.2, -0.15) is 11.8 Å². The Kier molecular flexibility index (Phi) is 9.28. The lowest BCUT2D eigenvalue weighted by Gasteiger charge is -2.16. The van der Waals surface area contributed by atoms with E-state index in [2.05, 4.69) is 30.1 Å². The Bertz CT molecular complexity index is 1230. The van der Waals surface area contributed by atoms with Crippen LogP contribution < -0.4 is 16.4 Å². The molecule has 2 aromatic rings. The van der Waals surface area contributed by atoms with E-state index < -0.39 is 44.9 Å². The number of nitrogen functional groups attached to an aromatic ring is 1. The second-order valence-electron chi connectivity index (χ2n) is 9.18. The molecule has 2 aromatic heterocycles. The maximum Gasteiger partial charge on any atom is 0.469 e. The minimum absolute atomic E-state index is 0.0640. The third kappa shape index (κ3) is 7.15. The van der Waals surface area contributed by atoms with E-state index in [0.717, 1.165) is 25.0 Å². The van der Waals surface area contributed by atoms with Gasteiger partial charge >= 0.3 is 19.8 Å². The zero-order valence-electron chi connectivity index (χ0n) is 20.4. The number of rotatable bonds is 9. The van der Waals surface area contributed by atoms with Crippen LogP contribution in [0.3, 0.4) is 0 Å². The van der Waals surface area contributed by atoms with Crippen molar-refractivity contribution in [3.05, 3.63) is 12.7 Å². The predicted octanol–water partition coefficient (Wildman–Crippen LogP) is -1.07. The van der Waals surface area contributed by atoms with Crippen molar-refractivity contribution in [3.8, 4) is 0 Å². The van der Waals surface area contributed by atoms with Crippen molar-refractivity contribution >= 4 is 48.6 Å². The van der Waals surface area contributed by atoms with Crippen molar-refractivity contribution in [2.75, 3.05) is 18.1 Å². The van der Waals surface area contributed by atoms with Crippen molar-refractivity contribution < 1.29 is 48.5 Å². The normalized spacial score (nSPS) is 29.9. The molecule has 0 aromatic carbocycles. The summed E-state index contributed by atoms with van der Waals surface area (Å²) >= 11 is 1.87. The molecule has 0 saturated carbocycles. The summed E-state index contributed by atoms with van der Waals surface area (Å²) in [5.41, 5.74) is 6.25. The third-order valence-electron chi connectivity index (χ3n) is 6.47. The number of aliphatic carboxylic acids is 1. The van der Waals surface area contributed by atoms with Gasteiger partial charge in [0.05, 0.1) is 25.0 Å². The van der Waals surface area contributed by atoms with Crippen LogP contribution in [0.25, 0.3) is 11.2 Å². The molecule has 7 atom stereocenters. The first-order chi connectivity index (χ1) is 18.4. The number of phosphoric ester groups is 1. The molecule has 5 heterocycles. The molecule has 39 heavy (non-hydrogen) atoms. The fourth-order valence-electron chi connectivity index (χ4n) is 4.59. The molecular weight excluding hydrogens is 561 g/mol. The lowest BCUT2D eigenvalue weighted by Crippen LogP contribution is -2.36. The number of nitrogens with two attached hydrogens (primary N) is 1. The first-order valence-electron chi connectivity index (χ1n) is 12.0. The van der Waals surface area contributed by atoms with Crippen LogP contribution in [-0.2, 0) is 18.6 Å². The van der Waals surface area contributed by atoms with E-state index in [0.29, 0.717) is 10.8 Å². The van der Waals surface area contributed by atoms with Crippen molar-refractivity contribution in [3.63, 3.8) is 0 Å². The lowest BCUT2D eigenvalue weighted by atomic mass is 10.0. The summed E-state index contributed by atoms with van der Waals surface area (Å²) in [6.07, 6.45) is 0.390. The number of ether oxygens (including phenoxy) is 1. The Labute approximate surface area is 225 Å². The van der Waals surface area contributed by atoms with Gasteiger partial charge in [0, 0.05) is 17.4 Å². The number of hydrogen-bond acceptors (Lipinski definition) is 12. The molecule has 0 radical (unpaired) electrons. The molecule has 2 amide bonds. The number of fused-ring (bicyclic) bond motifs is 2. The van der Waals surface area contributed by atoms with Crippen molar-refractivity contribution in [2.45, 2.75) is 67.6 Å². The molecule has 0 spiro atoms. The molecule has 17 nitrogen and oxygen atoms in total. The molecule has 19 heteroatoms. The number of amides is 2. The number of nitrogens with one attached hydrogen (secondary N) is 2. The number of urea groups is 1. The smallest absolute Gasteiger partial charge is 0.469 e. The number of carboxylic acid groups (broad SMARTS) is 1.